The molecule has 1 fully saturated rings. The minimum atomic E-state index is -0.288. The summed E-state index contributed by atoms with van der Waals surface area (Å²) in [6, 6.07) is 5.76. The Kier molecular flexibility index (Phi) is 4.60. The fraction of sp³-hybridized carbons (Fsp3) is 0.500. The highest BCUT2D eigenvalue weighted by molar-refractivity contribution is 9.10. The van der Waals surface area contributed by atoms with Gasteiger partial charge in [0.15, 0.2) is 0 Å². The molecule has 0 saturated carbocycles. The number of nitrogens with one attached hydrogen (secondary N) is 1. The molecule has 2 atom stereocenters. The molecule has 0 spiro atoms. The Morgan fingerprint density at radius 3 is 2.89 bits per heavy atom. The van der Waals surface area contributed by atoms with Gasteiger partial charge in [-0.2, -0.15) is 0 Å². The number of piperazine rings is 1. The first-order chi connectivity index (χ1) is 9.04. The molecular weight excluding hydrogens is 308 g/mol. The van der Waals surface area contributed by atoms with Crippen molar-refractivity contribution in [2.24, 2.45) is 0 Å². The average molecular weight is 327 g/mol. The summed E-state index contributed by atoms with van der Waals surface area (Å²) in [5, 5.41) is 12.2. The van der Waals surface area contributed by atoms with Gasteiger partial charge in [-0.25, -0.2) is 0 Å². The Hall–Kier alpha value is -0.910. The van der Waals surface area contributed by atoms with Crippen LogP contribution in [0.4, 0.5) is 5.69 Å². The maximum Gasteiger partial charge on any atom is 0.244 e. The van der Waals surface area contributed by atoms with Crippen molar-refractivity contribution in [3.8, 4) is 0 Å². The molecular formula is C14H19BrN2O2. The van der Waals surface area contributed by atoms with Gasteiger partial charge in [-0.05, 0) is 44.0 Å². The Morgan fingerprint density at radius 2 is 2.26 bits per heavy atom. The summed E-state index contributed by atoms with van der Waals surface area (Å²) in [4.78, 5) is 14.3. The lowest BCUT2D eigenvalue weighted by molar-refractivity contribution is -0.122. The maximum atomic E-state index is 12.5. The van der Waals surface area contributed by atoms with Gasteiger partial charge in [-0.15, -0.1) is 0 Å². The molecule has 1 saturated heterocycles. The monoisotopic (exact) mass is 326 g/mol. The molecule has 1 aliphatic heterocycles. The smallest absolute Gasteiger partial charge is 0.244 e. The van der Waals surface area contributed by atoms with Gasteiger partial charge in [0.2, 0.25) is 5.91 Å². The highest BCUT2D eigenvalue weighted by atomic mass is 79.9. The maximum absolute atomic E-state index is 12.5. The number of hydrogen-bond donors (Lipinski definition) is 2. The third-order valence-corrected chi connectivity index (χ3v) is 3.97. The molecule has 4 nitrogen and oxygen atoms in total. The summed E-state index contributed by atoms with van der Waals surface area (Å²) in [6.07, 6.45) is 0.456. The van der Waals surface area contributed by atoms with E-state index >= 15 is 0 Å². The second-order valence-corrected chi connectivity index (χ2v) is 5.88. The van der Waals surface area contributed by atoms with Gasteiger partial charge in [-0.1, -0.05) is 15.9 Å². The van der Waals surface area contributed by atoms with E-state index in [1.54, 1.807) is 0 Å². The minimum absolute atomic E-state index is 0.0188. The normalized spacial score (nSPS) is 23.8. The van der Waals surface area contributed by atoms with Crippen LogP contribution in [0.3, 0.4) is 0 Å². The molecule has 0 radical (unpaired) electrons. The number of halogens is 1. The van der Waals surface area contributed by atoms with Crippen molar-refractivity contribution in [1.29, 1.82) is 0 Å². The number of anilines is 1. The molecule has 104 valence electrons. The van der Waals surface area contributed by atoms with Crippen LogP contribution in [0.2, 0.25) is 0 Å². The fourth-order valence-corrected chi connectivity index (χ4v) is 2.95. The van der Waals surface area contributed by atoms with Crippen LogP contribution in [0.25, 0.3) is 0 Å². The summed E-state index contributed by atoms with van der Waals surface area (Å²) in [7, 11) is 0. The third kappa shape index (κ3) is 2.99. The van der Waals surface area contributed by atoms with E-state index in [0.29, 0.717) is 6.42 Å². The first-order valence-corrected chi connectivity index (χ1v) is 7.27. The van der Waals surface area contributed by atoms with Crippen LogP contribution < -0.4 is 10.2 Å². The topological polar surface area (TPSA) is 52.6 Å². The lowest BCUT2D eigenvalue weighted by Crippen LogP contribution is -2.60. The number of rotatable bonds is 3. The molecule has 1 aromatic rings. The van der Waals surface area contributed by atoms with Crippen LogP contribution in [-0.4, -0.2) is 36.2 Å². The fourth-order valence-electron chi connectivity index (χ4n) is 2.48. The Labute approximate surface area is 121 Å². The zero-order valence-electron chi connectivity index (χ0n) is 11.2. The van der Waals surface area contributed by atoms with E-state index in [1.165, 1.54) is 0 Å². The van der Waals surface area contributed by atoms with E-state index in [0.717, 1.165) is 22.3 Å². The second-order valence-electron chi connectivity index (χ2n) is 4.96. The molecule has 1 amide bonds. The van der Waals surface area contributed by atoms with Gasteiger partial charge in [0.25, 0.3) is 0 Å². The van der Waals surface area contributed by atoms with Crippen LogP contribution in [0.5, 0.6) is 0 Å². The van der Waals surface area contributed by atoms with E-state index < -0.39 is 0 Å². The average Bonchev–Trinajstić information content (AvgIpc) is 2.35. The van der Waals surface area contributed by atoms with Gasteiger partial charge in [0.05, 0.1) is 6.04 Å². The molecule has 1 aromatic carbocycles. The molecule has 0 aliphatic carbocycles. The first kappa shape index (κ1) is 14.5. The van der Waals surface area contributed by atoms with Crippen LogP contribution in [-0.2, 0) is 4.79 Å². The molecule has 2 rings (SSSR count). The predicted octanol–water partition coefficient (Wildman–Crippen LogP) is 1.83. The van der Waals surface area contributed by atoms with Crippen molar-refractivity contribution in [3.63, 3.8) is 0 Å². The number of hydrogen-bond acceptors (Lipinski definition) is 3. The lowest BCUT2D eigenvalue weighted by atomic mass is 10.0. The molecule has 0 bridgehead atoms. The van der Waals surface area contributed by atoms with Crippen molar-refractivity contribution in [2.45, 2.75) is 32.4 Å². The predicted molar refractivity (Wildman–Crippen MR) is 79.3 cm³/mol. The second kappa shape index (κ2) is 6.03. The highest BCUT2D eigenvalue weighted by Crippen LogP contribution is 2.27. The van der Waals surface area contributed by atoms with Crippen LogP contribution in [0.1, 0.15) is 18.9 Å². The van der Waals surface area contributed by atoms with Crippen molar-refractivity contribution in [2.75, 3.05) is 18.1 Å². The number of benzene rings is 1. The summed E-state index contributed by atoms with van der Waals surface area (Å²) in [5.41, 5.74) is 2.02. The Morgan fingerprint density at radius 1 is 1.53 bits per heavy atom. The van der Waals surface area contributed by atoms with Gasteiger partial charge in [-0.3, -0.25) is 4.79 Å². The minimum Gasteiger partial charge on any atom is -0.396 e. The third-order valence-electron chi connectivity index (χ3n) is 3.47. The molecule has 19 heavy (non-hydrogen) atoms. The molecule has 1 heterocycles. The van der Waals surface area contributed by atoms with E-state index in [2.05, 4.69) is 21.2 Å². The van der Waals surface area contributed by atoms with E-state index in [4.69, 9.17) is 5.11 Å². The summed E-state index contributed by atoms with van der Waals surface area (Å²) in [6.45, 7) is 4.79. The SMILES string of the molecule is Cc1cc(Br)ccc1N1C(=O)C(CCO)NCC1C. The van der Waals surface area contributed by atoms with Gasteiger partial charge in [0, 0.05) is 29.4 Å². The van der Waals surface area contributed by atoms with E-state index in [1.807, 2.05) is 36.9 Å². The van der Waals surface area contributed by atoms with Gasteiger partial charge in [0.1, 0.15) is 0 Å². The summed E-state index contributed by atoms with van der Waals surface area (Å²) < 4.78 is 1.01. The summed E-state index contributed by atoms with van der Waals surface area (Å²) >= 11 is 3.44. The van der Waals surface area contributed by atoms with Gasteiger partial charge < -0.3 is 15.3 Å². The van der Waals surface area contributed by atoms with Gasteiger partial charge >= 0.3 is 0 Å². The number of amides is 1. The summed E-state index contributed by atoms with van der Waals surface area (Å²) in [5.74, 6) is 0.0400. The standard InChI is InChI=1S/C14H19BrN2O2/c1-9-7-11(15)3-4-13(9)17-10(2)8-16-12(5-6-18)14(17)19/h3-4,7,10,12,16,18H,5-6,8H2,1-2H3. The van der Waals surface area contributed by atoms with Crippen molar-refractivity contribution >= 4 is 27.5 Å². The van der Waals surface area contributed by atoms with Crippen molar-refractivity contribution in [1.82, 2.24) is 5.32 Å². The Balaban J connectivity index is 2.32. The number of carbonyl (C=O) groups is 1. The van der Waals surface area contributed by atoms with Crippen molar-refractivity contribution in [3.05, 3.63) is 28.2 Å². The van der Waals surface area contributed by atoms with Crippen LogP contribution >= 0.6 is 15.9 Å². The number of aliphatic hydroxyl groups excluding tert-OH is 1. The molecule has 5 heteroatoms. The first-order valence-electron chi connectivity index (χ1n) is 6.48. The van der Waals surface area contributed by atoms with E-state index in [9.17, 15) is 4.79 Å². The number of carbonyl (C=O) groups excluding carboxylic acids is 1. The molecule has 1 aliphatic rings. The van der Waals surface area contributed by atoms with E-state index in [-0.39, 0.29) is 24.6 Å². The highest BCUT2D eigenvalue weighted by Gasteiger charge is 2.33. The zero-order chi connectivity index (χ0) is 14.0. The number of aliphatic hydroxyl groups is 1. The number of aryl methyl sites for hydroxylation is 1. The quantitative estimate of drug-likeness (QED) is 0.891. The molecule has 0 aromatic heterocycles. The number of nitrogens with zero attached hydrogens (tertiary/aromatic N) is 1. The van der Waals surface area contributed by atoms with Crippen molar-refractivity contribution < 1.29 is 9.90 Å². The van der Waals surface area contributed by atoms with Crippen LogP contribution in [0, 0.1) is 6.92 Å². The largest absolute Gasteiger partial charge is 0.396 e. The van der Waals surface area contributed by atoms with Crippen LogP contribution in [0.15, 0.2) is 22.7 Å². The Bertz CT molecular complexity index is 479. The molecule has 2 N–H and O–H groups in total. The molecule has 2 unspecified atom stereocenters. The zero-order valence-corrected chi connectivity index (χ0v) is 12.8. The lowest BCUT2D eigenvalue weighted by Gasteiger charge is -2.39.